The molecule has 0 aromatic heterocycles. The summed E-state index contributed by atoms with van der Waals surface area (Å²) in [6.45, 7) is 2.13. The van der Waals surface area contributed by atoms with Crippen LogP contribution in [0.25, 0.3) is 0 Å². The third kappa shape index (κ3) is 2.78. The average molecular weight is 369 g/mol. The van der Waals surface area contributed by atoms with Crippen LogP contribution in [0.15, 0.2) is 46.9 Å². The lowest BCUT2D eigenvalue weighted by Crippen LogP contribution is -2.11. The lowest BCUT2D eigenvalue weighted by molar-refractivity contribution is 1.17. The number of benzene rings is 2. The summed E-state index contributed by atoms with van der Waals surface area (Å²) in [5.74, 6) is 0. The SMILES string of the molecule is Cc1ccccc1N(C)c1ccc(CBr)cc1Br. The van der Waals surface area contributed by atoms with Crippen molar-refractivity contribution in [2.45, 2.75) is 12.3 Å². The molecule has 0 fully saturated rings. The number of anilines is 2. The Labute approximate surface area is 125 Å². The zero-order chi connectivity index (χ0) is 13.1. The van der Waals surface area contributed by atoms with E-state index in [1.165, 1.54) is 22.5 Å². The predicted molar refractivity (Wildman–Crippen MR) is 86.0 cm³/mol. The van der Waals surface area contributed by atoms with E-state index in [0.717, 1.165) is 9.80 Å². The molecule has 1 nitrogen and oxygen atoms in total. The average Bonchev–Trinajstić information content (AvgIpc) is 2.38. The molecule has 3 heteroatoms. The van der Waals surface area contributed by atoms with Crippen molar-refractivity contribution in [3.63, 3.8) is 0 Å². The summed E-state index contributed by atoms with van der Waals surface area (Å²) in [5, 5.41) is 0.875. The lowest BCUT2D eigenvalue weighted by Gasteiger charge is -2.23. The fourth-order valence-electron chi connectivity index (χ4n) is 1.98. The fraction of sp³-hybridized carbons (Fsp3) is 0.200. The summed E-state index contributed by atoms with van der Waals surface area (Å²) in [6.07, 6.45) is 0. The van der Waals surface area contributed by atoms with Gasteiger partial charge in [0.25, 0.3) is 0 Å². The van der Waals surface area contributed by atoms with Crippen molar-refractivity contribution in [1.29, 1.82) is 0 Å². The number of aryl methyl sites for hydroxylation is 1. The van der Waals surface area contributed by atoms with Gasteiger partial charge in [-0.1, -0.05) is 40.2 Å². The highest BCUT2D eigenvalue weighted by molar-refractivity contribution is 9.10. The van der Waals surface area contributed by atoms with E-state index in [2.05, 4.69) is 93.2 Å². The molecule has 0 saturated carbocycles. The molecule has 0 saturated heterocycles. The molecule has 0 radical (unpaired) electrons. The lowest BCUT2D eigenvalue weighted by atomic mass is 10.1. The first-order chi connectivity index (χ1) is 8.63. The second-order valence-corrected chi connectivity index (χ2v) is 5.68. The Morgan fingerprint density at radius 1 is 1.06 bits per heavy atom. The van der Waals surface area contributed by atoms with Gasteiger partial charge in [0.1, 0.15) is 0 Å². The van der Waals surface area contributed by atoms with Crippen LogP contribution in [0.1, 0.15) is 11.1 Å². The molecule has 0 bridgehead atoms. The van der Waals surface area contributed by atoms with Gasteiger partial charge in [-0.2, -0.15) is 0 Å². The number of rotatable bonds is 3. The van der Waals surface area contributed by atoms with E-state index in [0.29, 0.717) is 0 Å². The van der Waals surface area contributed by atoms with E-state index < -0.39 is 0 Å². The number of nitrogens with zero attached hydrogens (tertiary/aromatic N) is 1. The first-order valence-corrected chi connectivity index (χ1v) is 7.68. The van der Waals surface area contributed by atoms with Crippen LogP contribution in [0.5, 0.6) is 0 Å². The van der Waals surface area contributed by atoms with Crippen molar-refractivity contribution in [3.8, 4) is 0 Å². The molecule has 0 N–H and O–H groups in total. The van der Waals surface area contributed by atoms with Crippen LogP contribution in [0.4, 0.5) is 11.4 Å². The third-order valence-corrected chi connectivity index (χ3v) is 4.29. The summed E-state index contributed by atoms with van der Waals surface area (Å²) in [6, 6.07) is 14.8. The maximum absolute atomic E-state index is 3.65. The van der Waals surface area contributed by atoms with Gasteiger partial charge in [-0.15, -0.1) is 0 Å². The molecule has 0 aliphatic heterocycles. The molecular formula is C15H15Br2N. The molecular weight excluding hydrogens is 354 g/mol. The van der Waals surface area contributed by atoms with Gasteiger partial charge < -0.3 is 4.90 Å². The van der Waals surface area contributed by atoms with E-state index >= 15 is 0 Å². The zero-order valence-corrected chi connectivity index (χ0v) is 13.6. The number of para-hydroxylation sites is 1. The Kier molecular flexibility index (Phi) is 4.46. The quantitative estimate of drug-likeness (QED) is 0.653. The van der Waals surface area contributed by atoms with Gasteiger partial charge in [-0.25, -0.2) is 0 Å². The van der Waals surface area contributed by atoms with Gasteiger partial charge in [0, 0.05) is 22.5 Å². The molecule has 0 amide bonds. The molecule has 2 aromatic rings. The molecule has 2 aromatic carbocycles. The monoisotopic (exact) mass is 367 g/mol. The van der Waals surface area contributed by atoms with Crippen LogP contribution in [-0.2, 0) is 5.33 Å². The minimum atomic E-state index is 0.875. The number of halogens is 2. The Morgan fingerprint density at radius 2 is 1.78 bits per heavy atom. The Morgan fingerprint density at radius 3 is 2.39 bits per heavy atom. The second-order valence-electron chi connectivity index (χ2n) is 4.26. The van der Waals surface area contributed by atoms with Gasteiger partial charge in [0.05, 0.1) is 5.69 Å². The molecule has 0 atom stereocenters. The van der Waals surface area contributed by atoms with Crippen molar-refractivity contribution >= 4 is 43.2 Å². The van der Waals surface area contributed by atoms with E-state index in [1.54, 1.807) is 0 Å². The standard InChI is InChI=1S/C15H15Br2N/c1-11-5-3-4-6-14(11)18(2)15-8-7-12(10-16)9-13(15)17/h3-9H,10H2,1-2H3. The number of hydrogen-bond donors (Lipinski definition) is 0. The first-order valence-electron chi connectivity index (χ1n) is 5.77. The van der Waals surface area contributed by atoms with Gasteiger partial charge in [-0.05, 0) is 52.2 Å². The summed E-state index contributed by atoms with van der Waals surface area (Å²) in [7, 11) is 2.09. The number of hydrogen-bond acceptors (Lipinski definition) is 1. The smallest absolute Gasteiger partial charge is 0.0552 e. The van der Waals surface area contributed by atoms with Gasteiger partial charge in [0.2, 0.25) is 0 Å². The summed E-state index contributed by atoms with van der Waals surface area (Å²) >= 11 is 7.12. The third-order valence-electron chi connectivity index (χ3n) is 3.00. The van der Waals surface area contributed by atoms with Crippen molar-refractivity contribution in [1.82, 2.24) is 0 Å². The molecule has 0 spiro atoms. The molecule has 18 heavy (non-hydrogen) atoms. The minimum Gasteiger partial charge on any atom is -0.343 e. The summed E-state index contributed by atoms with van der Waals surface area (Å²) in [4.78, 5) is 2.21. The maximum atomic E-state index is 3.65. The van der Waals surface area contributed by atoms with Crippen molar-refractivity contribution in [2.24, 2.45) is 0 Å². The van der Waals surface area contributed by atoms with Gasteiger partial charge in [-0.3, -0.25) is 0 Å². The van der Waals surface area contributed by atoms with Crippen molar-refractivity contribution < 1.29 is 0 Å². The Hall–Kier alpha value is -0.800. The molecule has 0 aliphatic carbocycles. The highest BCUT2D eigenvalue weighted by Gasteiger charge is 2.10. The maximum Gasteiger partial charge on any atom is 0.0552 e. The minimum absolute atomic E-state index is 0.875. The first kappa shape index (κ1) is 13.6. The van der Waals surface area contributed by atoms with Crippen molar-refractivity contribution in [2.75, 3.05) is 11.9 Å². The molecule has 94 valence electrons. The Bertz CT molecular complexity index is 552. The van der Waals surface area contributed by atoms with Gasteiger partial charge in [0.15, 0.2) is 0 Å². The molecule has 2 rings (SSSR count). The topological polar surface area (TPSA) is 3.24 Å². The van der Waals surface area contributed by atoms with Crippen LogP contribution >= 0.6 is 31.9 Å². The Balaban J connectivity index is 2.40. The van der Waals surface area contributed by atoms with E-state index in [4.69, 9.17) is 0 Å². The highest BCUT2D eigenvalue weighted by atomic mass is 79.9. The van der Waals surface area contributed by atoms with Gasteiger partial charge >= 0.3 is 0 Å². The zero-order valence-electron chi connectivity index (χ0n) is 10.5. The highest BCUT2D eigenvalue weighted by Crippen LogP contribution is 2.33. The van der Waals surface area contributed by atoms with Crippen LogP contribution in [0.2, 0.25) is 0 Å². The normalized spacial score (nSPS) is 10.4. The van der Waals surface area contributed by atoms with E-state index in [-0.39, 0.29) is 0 Å². The van der Waals surface area contributed by atoms with Crippen LogP contribution in [-0.4, -0.2) is 7.05 Å². The predicted octanol–water partition coefficient (Wildman–Crippen LogP) is 5.42. The second kappa shape index (κ2) is 5.89. The fourth-order valence-corrected chi connectivity index (χ4v) is 3.02. The number of alkyl halides is 1. The largest absolute Gasteiger partial charge is 0.343 e. The molecule has 0 heterocycles. The summed E-state index contributed by atoms with van der Waals surface area (Å²) < 4.78 is 1.12. The molecule has 0 aliphatic rings. The van der Waals surface area contributed by atoms with E-state index in [9.17, 15) is 0 Å². The van der Waals surface area contributed by atoms with Crippen LogP contribution < -0.4 is 4.90 Å². The summed E-state index contributed by atoms with van der Waals surface area (Å²) in [5.41, 5.74) is 4.94. The van der Waals surface area contributed by atoms with Crippen molar-refractivity contribution in [3.05, 3.63) is 58.1 Å². The molecule has 0 unspecified atom stereocenters. The van der Waals surface area contributed by atoms with Crippen LogP contribution in [0.3, 0.4) is 0 Å². The van der Waals surface area contributed by atoms with Crippen LogP contribution in [0, 0.1) is 6.92 Å². The van der Waals surface area contributed by atoms with E-state index in [1.807, 2.05) is 0 Å².